The molecule has 0 aliphatic heterocycles. The summed E-state index contributed by atoms with van der Waals surface area (Å²) >= 11 is 14.5. The number of nitrogens with one attached hydrogen (secondary N) is 1. The van der Waals surface area contributed by atoms with Crippen molar-refractivity contribution in [1.82, 2.24) is 5.32 Å². The summed E-state index contributed by atoms with van der Waals surface area (Å²) in [5.41, 5.74) is 1.26. The van der Waals surface area contributed by atoms with Gasteiger partial charge in [-0.15, -0.1) is 11.3 Å². The fourth-order valence-electron chi connectivity index (χ4n) is 1.44. The van der Waals surface area contributed by atoms with E-state index >= 15 is 0 Å². The predicted molar refractivity (Wildman–Crippen MR) is 81.7 cm³/mol. The molecule has 2 aromatic rings. The first-order chi connectivity index (χ1) is 8.16. The molecule has 1 aromatic heterocycles. The van der Waals surface area contributed by atoms with Crippen molar-refractivity contribution in [2.75, 3.05) is 0 Å². The lowest BCUT2D eigenvalue weighted by Crippen LogP contribution is -2.11. The van der Waals surface area contributed by atoms with Gasteiger partial charge >= 0.3 is 0 Å². The molecule has 0 saturated carbocycles. The minimum Gasteiger partial charge on any atom is -0.308 e. The zero-order valence-corrected chi connectivity index (χ0v) is 13.6. The Morgan fingerprint density at radius 3 is 2.53 bits per heavy atom. The summed E-state index contributed by atoms with van der Waals surface area (Å²) in [6.45, 7) is 1.67. The first-order valence-corrected chi connectivity index (χ1v) is 7.82. The maximum absolute atomic E-state index is 5.99. The van der Waals surface area contributed by atoms with Crippen LogP contribution in [0.4, 0.5) is 0 Å². The second kappa shape index (κ2) is 6.34. The Bertz CT molecular complexity index is 493. The van der Waals surface area contributed by atoms with Crippen LogP contribution in [0, 0.1) is 0 Å². The molecule has 0 aliphatic carbocycles. The maximum atomic E-state index is 5.99. The predicted octanol–water partition coefficient (Wildman–Crippen LogP) is 5.22. The van der Waals surface area contributed by atoms with Gasteiger partial charge in [0.05, 0.1) is 0 Å². The Hall–Kier alpha value is 0.130. The summed E-state index contributed by atoms with van der Waals surface area (Å²) in [5.74, 6) is 0. The van der Waals surface area contributed by atoms with Crippen LogP contribution < -0.4 is 5.32 Å². The normalized spacial score (nSPS) is 10.8. The minimum absolute atomic E-state index is 0.808. The summed E-state index contributed by atoms with van der Waals surface area (Å²) in [5, 5.41) is 3.40. The lowest BCUT2D eigenvalue weighted by atomic mass is 10.2. The highest BCUT2D eigenvalue weighted by atomic mass is 79.9. The molecule has 5 heteroatoms. The molecule has 90 valence electrons. The van der Waals surface area contributed by atoms with Crippen LogP contribution in [0.3, 0.4) is 0 Å². The molecule has 0 atom stereocenters. The summed E-state index contributed by atoms with van der Waals surface area (Å²) < 4.78 is 2.92. The summed E-state index contributed by atoms with van der Waals surface area (Å²) in [6.07, 6.45) is 0. The van der Waals surface area contributed by atoms with E-state index in [1.165, 1.54) is 10.4 Å². The fourth-order valence-corrected chi connectivity index (χ4v) is 3.63. The molecule has 0 aliphatic rings. The van der Waals surface area contributed by atoms with E-state index in [-0.39, 0.29) is 0 Å². The molecular weight excluding hydrogens is 385 g/mol. The van der Waals surface area contributed by atoms with Crippen molar-refractivity contribution < 1.29 is 0 Å². The van der Waals surface area contributed by atoms with Crippen LogP contribution in [0.1, 0.15) is 10.4 Å². The van der Waals surface area contributed by atoms with E-state index in [1.807, 2.05) is 12.1 Å². The molecule has 0 radical (unpaired) electrons. The zero-order chi connectivity index (χ0) is 12.3. The first kappa shape index (κ1) is 13.6. The molecular formula is C12H10Br2ClNS. The monoisotopic (exact) mass is 393 g/mol. The van der Waals surface area contributed by atoms with Gasteiger partial charge in [-0.05, 0) is 33.6 Å². The molecule has 0 saturated heterocycles. The standard InChI is InChI=1S/C12H10Br2ClNS/c13-10-4-2-1-3-8(10)6-16-7-9-5-11(14)12(15)17-9/h1-5,16H,6-7H2. The van der Waals surface area contributed by atoms with E-state index in [0.29, 0.717) is 0 Å². The van der Waals surface area contributed by atoms with Gasteiger partial charge in [0, 0.05) is 26.9 Å². The number of hydrogen-bond donors (Lipinski definition) is 1. The molecule has 1 heterocycles. The van der Waals surface area contributed by atoms with Gasteiger partial charge in [0.2, 0.25) is 0 Å². The maximum Gasteiger partial charge on any atom is 0.107 e. The van der Waals surface area contributed by atoms with Crippen molar-refractivity contribution in [3.05, 3.63) is 54.1 Å². The van der Waals surface area contributed by atoms with Crippen LogP contribution >= 0.6 is 54.8 Å². The van der Waals surface area contributed by atoms with Crippen LogP contribution in [0.5, 0.6) is 0 Å². The third-order valence-electron chi connectivity index (χ3n) is 2.27. The van der Waals surface area contributed by atoms with E-state index in [0.717, 1.165) is 26.4 Å². The van der Waals surface area contributed by atoms with E-state index in [2.05, 4.69) is 55.4 Å². The Kier molecular flexibility index (Phi) is 5.06. The van der Waals surface area contributed by atoms with Gasteiger partial charge in [0.15, 0.2) is 0 Å². The zero-order valence-electron chi connectivity index (χ0n) is 8.84. The van der Waals surface area contributed by atoms with Crippen LogP contribution in [0.2, 0.25) is 4.34 Å². The van der Waals surface area contributed by atoms with Crippen LogP contribution in [0.15, 0.2) is 39.3 Å². The number of hydrogen-bond acceptors (Lipinski definition) is 2. The van der Waals surface area contributed by atoms with Crippen molar-refractivity contribution in [1.29, 1.82) is 0 Å². The second-order valence-electron chi connectivity index (χ2n) is 3.53. The van der Waals surface area contributed by atoms with Crippen LogP contribution in [-0.2, 0) is 13.1 Å². The molecule has 1 aromatic carbocycles. The van der Waals surface area contributed by atoms with Crippen LogP contribution in [0.25, 0.3) is 0 Å². The average Bonchev–Trinajstić information content (AvgIpc) is 2.61. The lowest BCUT2D eigenvalue weighted by Gasteiger charge is -2.05. The van der Waals surface area contributed by atoms with E-state index in [9.17, 15) is 0 Å². The van der Waals surface area contributed by atoms with Gasteiger partial charge in [-0.1, -0.05) is 45.7 Å². The highest BCUT2D eigenvalue weighted by molar-refractivity contribution is 9.10. The lowest BCUT2D eigenvalue weighted by molar-refractivity contribution is 0.699. The number of rotatable bonds is 4. The smallest absolute Gasteiger partial charge is 0.107 e. The summed E-state index contributed by atoms with van der Waals surface area (Å²) in [7, 11) is 0. The van der Waals surface area contributed by atoms with Crippen molar-refractivity contribution in [2.24, 2.45) is 0 Å². The minimum atomic E-state index is 0.808. The Balaban J connectivity index is 1.90. The van der Waals surface area contributed by atoms with Gasteiger partial charge < -0.3 is 5.32 Å². The topological polar surface area (TPSA) is 12.0 Å². The van der Waals surface area contributed by atoms with Crippen molar-refractivity contribution in [3.63, 3.8) is 0 Å². The van der Waals surface area contributed by atoms with E-state index < -0.39 is 0 Å². The molecule has 0 fully saturated rings. The molecule has 2 rings (SSSR count). The second-order valence-corrected chi connectivity index (χ2v) is 6.98. The molecule has 0 bridgehead atoms. The van der Waals surface area contributed by atoms with Crippen molar-refractivity contribution >= 4 is 54.8 Å². The highest BCUT2D eigenvalue weighted by Crippen LogP contribution is 2.31. The largest absolute Gasteiger partial charge is 0.308 e. The molecule has 0 amide bonds. The van der Waals surface area contributed by atoms with Gasteiger partial charge in [0.1, 0.15) is 4.34 Å². The van der Waals surface area contributed by atoms with Gasteiger partial charge in [0.25, 0.3) is 0 Å². The third-order valence-corrected chi connectivity index (χ3v) is 5.52. The quantitative estimate of drug-likeness (QED) is 0.749. The van der Waals surface area contributed by atoms with Gasteiger partial charge in [-0.3, -0.25) is 0 Å². The van der Waals surface area contributed by atoms with Crippen LogP contribution in [-0.4, -0.2) is 0 Å². The Morgan fingerprint density at radius 2 is 1.88 bits per heavy atom. The number of benzene rings is 1. The summed E-state index contributed by atoms with van der Waals surface area (Å²) in [4.78, 5) is 1.23. The molecule has 0 spiro atoms. The highest BCUT2D eigenvalue weighted by Gasteiger charge is 2.04. The first-order valence-electron chi connectivity index (χ1n) is 5.04. The SMILES string of the molecule is Clc1sc(CNCc2ccccc2Br)cc1Br. The van der Waals surface area contributed by atoms with E-state index in [4.69, 9.17) is 11.6 Å². The Labute approximate surface area is 126 Å². The molecule has 1 N–H and O–H groups in total. The van der Waals surface area contributed by atoms with Crippen molar-refractivity contribution in [3.8, 4) is 0 Å². The molecule has 17 heavy (non-hydrogen) atoms. The molecule has 0 unspecified atom stereocenters. The van der Waals surface area contributed by atoms with Crippen molar-refractivity contribution in [2.45, 2.75) is 13.1 Å². The summed E-state index contributed by atoms with van der Waals surface area (Å²) in [6, 6.07) is 10.3. The third kappa shape index (κ3) is 3.80. The van der Waals surface area contributed by atoms with Gasteiger partial charge in [-0.2, -0.15) is 0 Å². The average molecular weight is 396 g/mol. The van der Waals surface area contributed by atoms with E-state index in [1.54, 1.807) is 11.3 Å². The number of halogens is 3. The fraction of sp³-hybridized carbons (Fsp3) is 0.167. The Morgan fingerprint density at radius 1 is 1.12 bits per heavy atom. The molecule has 1 nitrogen and oxygen atoms in total. The number of thiophene rings is 1. The van der Waals surface area contributed by atoms with Gasteiger partial charge in [-0.25, -0.2) is 0 Å².